The number of aryl methyl sites for hydroxylation is 1. The van der Waals surface area contributed by atoms with Crippen molar-refractivity contribution in [2.75, 3.05) is 0 Å². The zero-order valence-corrected chi connectivity index (χ0v) is 7.39. The van der Waals surface area contributed by atoms with Crippen LogP contribution in [0.4, 0.5) is 0 Å². The fraction of sp³-hybridized carbons (Fsp3) is 0.625. The Morgan fingerprint density at radius 2 is 2.18 bits per heavy atom. The first kappa shape index (κ1) is 8.27. The third-order valence-electron chi connectivity index (χ3n) is 2.06. The number of hydrogen-bond acceptors (Lipinski definition) is 2. The molecule has 0 saturated carbocycles. The van der Waals surface area contributed by atoms with Crippen LogP contribution in [0.5, 0.6) is 0 Å². The summed E-state index contributed by atoms with van der Waals surface area (Å²) in [4.78, 5) is 0. The highest BCUT2D eigenvalue weighted by Gasteiger charge is 2.07. The van der Waals surface area contributed by atoms with E-state index in [0.717, 1.165) is 12.1 Å². The minimum absolute atomic E-state index is 0.541. The van der Waals surface area contributed by atoms with E-state index < -0.39 is 0 Å². The van der Waals surface area contributed by atoms with Crippen molar-refractivity contribution in [1.82, 2.24) is 9.78 Å². The lowest BCUT2D eigenvalue weighted by atomic mass is 10.2. The highest BCUT2D eigenvalue weighted by Crippen LogP contribution is 2.11. The van der Waals surface area contributed by atoms with Gasteiger partial charge >= 0.3 is 0 Å². The molecule has 1 aromatic heterocycles. The molecule has 0 amide bonds. The molecule has 62 valence electrons. The van der Waals surface area contributed by atoms with Crippen molar-refractivity contribution in [3.8, 4) is 0 Å². The summed E-state index contributed by atoms with van der Waals surface area (Å²) >= 11 is 0. The lowest BCUT2D eigenvalue weighted by Gasteiger charge is -1.96. The standard InChI is InChI=1S/C8H15N3/c1-4-8-6(2)7(5-9)10-11(8)3/h4-5,9H2,1-3H3. The van der Waals surface area contributed by atoms with Gasteiger partial charge in [-0.2, -0.15) is 5.10 Å². The SMILES string of the molecule is CCc1c(C)c(CN)nn1C. The molecule has 0 aromatic carbocycles. The Balaban J connectivity index is 3.14. The van der Waals surface area contributed by atoms with E-state index in [1.807, 2.05) is 11.7 Å². The number of aromatic nitrogens is 2. The van der Waals surface area contributed by atoms with Crippen molar-refractivity contribution in [3.05, 3.63) is 17.0 Å². The van der Waals surface area contributed by atoms with E-state index in [1.54, 1.807) is 0 Å². The molecule has 3 nitrogen and oxygen atoms in total. The lowest BCUT2D eigenvalue weighted by molar-refractivity contribution is 0.702. The molecule has 2 N–H and O–H groups in total. The minimum Gasteiger partial charge on any atom is -0.325 e. The summed E-state index contributed by atoms with van der Waals surface area (Å²) in [5.74, 6) is 0. The molecule has 3 heteroatoms. The van der Waals surface area contributed by atoms with Crippen LogP contribution in [-0.4, -0.2) is 9.78 Å². The Hall–Kier alpha value is -0.830. The maximum atomic E-state index is 5.51. The molecule has 0 bridgehead atoms. The highest BCUT2D eigenvalue weighted by molar-refractivity contribution is 5.24. The van der Waals surface area contributed by atoms with E-state index in [4.69, 9.17) is 5.73 Å². The summed E-state index contributed by atoms with van der Waals surface area (Å²) < 4.78 is 1.91. The van der Waals surface area contributed by atoms with Crippen molar-refractivity contribution < 1.29 is 0 Å². The third kappa shape index (κ3) is 1.28. The Kier molecular flexibility index (Phi) is 2.29. The lowest BCUT2D eigenvalue weighted by Crippen LogP contribution is -1.99. The van der Waals surface area contributed by atoms with Crippen LogP contribution in [-0.2, 0) is 20.0 Å². The molecule has 11 heavy (non-hydrogen) atoms. The maximum Gasteiger partial charge on any atom is 0.0792 e. The van der Waals surface area contributed by atoms with Crippen molar-refractivity contribution in [3.63, 3.8) is 0 Å². The van der Waals surface area contributed by atoms with Crippen LogP contribution in [0.1, 0.15) is 23.9 Å². The van der Waals surface area contributed by atoms with Crippen LogP contribution in [0.15, 0.2) is 0 Å². The van der Waals surface area contributed by atoms with Crippen LogP contribution in [0.3, 0.4) is 0 Å². The van der Waals surface area contributed by atoms with Gasteiger partial charge in [0.15, 0.2) is 0 Å². The second-order valence-electron chi connectivity index (χ2n) is 2.70. The van der Waals surface area contributed by atoms with Gasteiger partial charge in [-0.25, -0.2) is 0 Å². The average Bonchev–Trinajstić information content (AvgIpc) is 2.26. The van der Waals surface area contributed by atoms with E-state index in [-0.39, 0.29) is 0 Å². The van der Waals surface area contributed by atoms with E-state index >= 15 is 0 Å². The van der Waals surface area contributed by atoms with E-state index in [1.165, 1.54) is 11.3 Å². The van der Waals surface area contributed by atoms with Gasteiger partial charge in [-0.3, -0.25) is 4.68 Å². The average molecular weight is 153 g/mol. The highest BCUT2D eigenvalue weighted by atomic mass is 15.3. The summed E-state index contributed by atoms with van der Waals surface area (Å²) in [6.45, 7) is 4.75. The number of nitrogens with zero attached hydrogens (tertiary/aromatic N) is 2. The van der Waals surface area contributed by atoms with Gasteiger partial charge in [0, 0.05) is 19.3 Å². The summed E-state index contributed by atoms with van der Waals surface area (Å²) in [6, 6.07) is 0. The Labute approximate surface area is 67.2 Å². The van der Waals surface area contributed by atoms with Crippen molar-refractivity contribution in [1.29, 1.82) is 0 Å². The van der Waals surface area contributed by atoms with E-state index in [0.29, 0.717) is 6.54 Å². The topological polar surface area (TPSA) is 43.8 Å². The van der Waals surface area contributed by atoms with Gasteiger partial charge < -0.3 is 5.73 Å². The molecule has 0 aliphatic carbocycles. The molecule has 1 rings (SSSR count). The molecule has 0 spiro atoms. The molecule has 1 aromatic rings. The summed E-state index contributed by atoms with van der Waals surface area (Å²) in [5.41, 5.74) is 9.06. The van der Waals surface area contributed by atoms with Crippen LogP contribution in [0.2, 0.25) is 0 Å². The molecule has 0 fully saturated rings. The zero-order valence-electron chi connectivity index (χ0n) is 7.39. The molecule has 0 aliphatic heterocycles. The number of nitrogens with two attached hydrogens (primary N) is 1. The van der Waals surface area contributed by atoms with Crippen molar-refractivity contribution in [2.45, 2.75) is 26.8 Å². The number of rotatable bonds is 2. The molecule has 0 atom stereocenters. The summed E-state index contributed by atoms with van der Waals surface area (Å²) in [5, 5.41) is 4.29. The smallest absolute Gasteiger partial charge is 0.0792 e. The summed E-state index contributed by atoms with van der Waals surface area (Å²) in [7, 11) is 1.96. The van der Waals surface area contributed by atoms with Gasteiger partial charge in [0.25, 0.3) is 0 Å². The minimum atomic E-state index is 0.541. The Morgan fingerprint density at radius 3 is 2.45 bits per heavy atom. The quantitative estimate of drug-likeness (QED) is 0.681. The monoisotopic (exact) mass is 153 g/mol. The second-order valence-corrected chi connectivity index (χ2v) is 2.70. The first-order chi connectivity index (χ1) is 5.20. The van der Waals surface area contributed by atoms with E-state index in [9.17, 15) is 0 Å². The van der Waals surface area contributed by atoms with Gasteiger partial charge in [-0.1, -0.05) is 6.92 Å². The van der Waals surface area contributed by atoms with E-state index in [2.05, 4.69) is 18.9 Å². The predicted molar refractivity (Wildman–Crippen MR) is 45.2 cm³/mol. The van der Waals surface area contributed by atoms with Gasteiger partial charge in [-0.15, -0.1) is 0 Å². The molecule has 0 unspecified atom stereocenters. The van der Waals surface area contributed by atoms with Gasteiger partial charge in [0.05, 0.1) is 5.69 Å². The first-order valence-corrected chi connectivity index (χ1v) is 3.92. The van der Waals surface area contributed by atoms with Crippen LogP contribution in [0.25, 0.3) is 0 Å². The molecular weight excluding hydrogens is 138 g/mol. The van der Waals surface area contributed by atoms with Crippen LogP contribution in [0, 0.1) is 6.92 Å². The fourth-order valence-corrected chi connectivity index (χ4v) is 1.41. The molecule has 0 aliphatic rings. The fourth-order valence-electron chi connectivity index (χ4n) is 1.41. The zero-order chi connectivity index (χ0) is 8.43. The third-order valence-corrected chi connectivity index (χ3v) is 2.06. The molecular formula is C8H15N3. The largest absolute Gasteiger partial charge is 0.325 e. The first-order valence-electron chi connectivity index (χ1n) is 3.92. The van der Waals surface area contributed by atoms with Crippen LogP contribution >= 0.6 is 0 Å². The van der Waals surface area contributed by atoms with Gasteiger partial charge in [0.2, 0.25) is 0 Å². The number of hydrogen-bond donors (Lipinski definition) is 1. The van der Waals surface area contributed by atoms with Gasteiger partial charge in [-0.05, 0) is 18.9 Å². The maximum absolute atomic E-state index is 5.51. The Bertz CT molecular complexity index is 250. The van der Waals surface area contributed by atoms with Crippen LogP contribution < -0.4 is 5.73 Å². The predicted octanol–water partition coefficient (Wildman–Crippen LogP) is 0.750. The molecule has 0 radical (unpaired) electrons. The molecule has 0 saturated heterocycles. The molecule has 1 heterocycles. The second kappa shape index (κ2) is 3.05. The van der Waals surface area contributed by atoms with Crippen molar-refractivity contribution in [2.24, 2.45) is 12.8 Å². The van der Waals surface area contributed by atoms with Crippen molar-refractivity contribution >= 4 is 0 Å². The Morgan fingerprint density at radius 1 is 1.55 bits per heavy atom. The normalized spacial score (nSPS) is 10.5. The summed E-state index contributed by atoms with van der Waals surface area (Å²) in [6.07, 6.45) is 1.02. The van der Waals surface area contributed by atoms with Gasteiger partial charge in [0.1, 0.15) is 0 Å².